The van der Waals surface area contributed by atoms with Gasteiger partial charge in [0, 0.05) is 23.1 Å². The average Bonchev–Trinajstić information content (AvgIpc) is 3.13. The van der Waals surface area contributed by atoms with Crippen LogP contribution in [0.1, 0.15) is 37.0 Å². The first kappa shape index (κ1) is 19.1. The number of nitrogens with zero attached hydrogens (tertiary/aromatic N) is 4. The summed E-state index contributed by atoms with van der Waals surface area (Å²) in [6.45, 7) is 6.19. The van der Waals surface area contributed by atoms with E-state index in [1.165, 1.54) is 0 Å². The summed E-state index contributed by atoms with van der Waals surface area (Å²) in [7, 11) is 0. The highest BCUT2D eigenvalue weighted by atomic mass is 35.5. The Hall–Kier alpha value is -3.25. The molecule has 0 aliphatic rings. The molecule has 0 fully saturated rings. The lowest BCUT2D eigenvalue weighted by molar-refractivity contribution is 0.102. The van der Waals surface area contributed by atoms with E-state index in [4.69, 9.17) is 11.6 Å². The number of nitrogens with one attached hydrogen (secondary N) is 1. The molecule has 4 aromatic rings. The molecule has 0 spiro atoms. The Labute approximate surface area is 173 Å². The van der Waals surface area contributed by atoms with Crippen molar-refractivity contribution in [1.82, 2.24) is 19.7 Å². The van der Waals surface area contributed by atoms with Crippen LogP contribution in [0.15, 0.2) is 60.8 Å². The Balaban J connectivity index is 1.74. The standard InChI is InChI=1S/C22H20ClN5O/c1-22(2,3)17-13-19(28(27-17)18-10-6-7-11-24-18)26-21(29)16-12-14-8-4-5-9-15(14)20(23)25-16/h4-13H,1-3H3,(H,26,29). The minimum Gasteiger partial charge on any atom is -0.305 e. The SMILES string of the molecule is CC(C)(C)c1cc(NC(=O)c2cc3ccccc3c(Cl)n2)n(-c2ccccn2)n1. The number of halogens is 1. The topological polar surface area (TPSA) is 72.7 Å². The molecule has 1 amide bonds. The van der Waals surface area contributed by atoms with Gasteiger partial charge >= 0.3 is 0 Å². The number of rotatable bonds is 3. The number of hydrogen-bond donors (Lipinski definition) is 1. The van der Waals surface area contributed by atoms with Gasteiger partial charge in [0.25, 0.3) is 5.91 Å². The van der Waals surface area contributed by atoms with Gasteiger partial charge in [-0.25, -0.2) is 9.97 Å². The zero-order valence-corrected chi connectivity index (χ0v) is 17.1. The Morgan fingerprint density at radius 3 is 2.55 bits per heavy atom. The van der Waals surface area contributed by atoms with Crippen LogP contribution in [0.5, 0.6) is 0 Å². The normalized spacial score (nSPS) is 11.6. The lowest BCUT2D eigenvalue weighted by atomic mass is 9.92. The van der Waals surface area contributed by atoms with Gasteiger partial charge in [-0.2, -0.15) is 9.78 Å². The van der Waals surface area contributed by atoms with E-state index in [0.29, 0.717) is 16.8 Å². The van der Waals surface area contributed by atoms with Crippen molar-refractivity contribution < 1.29 is 4.79 Å². The highest BCUT2D eigenvalue weighted by Gasteiger charge is 2.22. The second-order valence-electron chi connectivity index (χ2n) is 7.74. The minimum absolute atomic E-state index is 0.190. The summed E-state index contributed by atoms with van der Waals surface area (Å²) in [6.07, 6.45) is 1.68. The number of carbonyl (C=O) groups excluding carboxylic acids is 1. The zero-order chi connectivity index (χ0) is 20.6. The molecular weight excluding hydrogens is 386 g/mol. The highest BCUT2D eigenvalue weighted by molar-refractivity contribution is 6.34. The van der Waals surface area contributed by atoms with Gasteiger partial charge in [0.2, 0.25) is 0 Å². The number of benzene rings is 1. The Kier molecular flexibility index (Phi) is 4.80. The van der Waals surface area contributed by atoms with Crippen LogP contribution in [0.4, 0.5) is 5.82 Å². The molecule has 0 saturated carbocycles. The fourth-order valence-electron chi connectivity index (χ4n) is 2.94. The van der Waals surface area contributed by atoms with Gasteiger partial charge in [0.15, 0.2) is 5.82 Å². The molecular formula is C22H20ClN5O. The van der Waals surface area contributed by atoms with Gasteiger partial charge in [-0.1, -0.05) is 62.7 Å². The van der Waals surface area contributed by atoms with E-state index in [1.54, 1.807) is 16.9 Å². The van der Waals surface area contributed by atoms with Crippen LogP contribution in [-0.2, 0) is 5.41 Å². The molecule has 6 nitrogen and oxygen atoms in total. The van der Waals surface area contributed by atoms with Crippen LogP contribution in [0.25, 0.3) is 16.6 Å². The van der Waals surface area contributed by atoms with Crippen molar-refractivity contribution in [2.75, 3.05) is 5.32 Å². The van der Waals surface area contributed by atoms with E-state index < -0.39 is 0 Å². The van der Waals surface area contributed by atoms with Gasteiger partial charge in [0.1, 0.15) is 16.7 Å². The van der Waals surface area contributed by atoms with Crippen LogP contribution in [0.2, 0.25) is 5.15 Å². The second kappa shape index (κ2) is 7.29. The van der Waals surface area contributed by atoms with Crippen LogP contribution < -0.4 is 5.32 Å². The minimum atomic E-state index is -0.366. The van der Waals surface area contributed by atoms with Crippen molar-refractivity contribution >= 4 is 34.1 Å². The fraction of sp³-hybridized carbons (Fsp3) is 0.182. The third-order valence-corrected chi connectivity index (χ3v) is 4.80. The molecule has 4 rings (SSSR count). The molecule has 0 aliphatic heterocycles. The Morgan fingerprint density at radius 1 is 1.07 bits per heavy atom. The van der Waals surface area contributed by atoms with Gasteiger partial charge in [-0.3, -0.25) is 4.79 Å². The number of anilines is 1. The number of pyridine rings is 2. The molecule has 0 unspecified atom stereocenters. The lowest BCUT2D eigenvalue weighted by Gasteiger charge is -2.13. The van der Waals surface area contributed by atoms with E-state index in [0.717, 1.165) is 16.5 Å². The third-order valence-electron chi connectivity index (χ3n) is 4.51. The summed E-state index contributed by atoms with van der Waals surface area (Å²) < 4.78 is 1.63. The summed E-state index contributed by atoms with van der Waals surface area (Å²) in [5.41, 5.74) is 0.882. The van der Waals surface area contributed by atoms with Crippen LogP contribution in [-0.4, -0.2) is 25.7 Å². The second-order valence-corrected chi connectivity index (χ2v) is 8.10. The van der Waals surface area contributed by atoms with Crippen LogP contribution in [0, 0.1) is 0 Å². The maximum absolute atomic E-state index is 13.0. The van der Waals surface area contributed by atoms with Crippen molar-refractivity contribution in [3.63, 3.8) is 0 Å². The number of aromatic nitrogens is 4. The molecule has 3 aromatic heterocycles. The molecule has 3 heterocycles. The molecule has 1 N–H and O–H groups in total. The van der Waals surface area contributed by atoms with Gasteiger partial charge in [-0.15, -0.1) is 0 Å². The Morgan fingerprint density at radius 2 is 1.83 bits per heavy atom. The van der Waals surface area contributed by atoms with Crippen molar-refractivity contribution in [3.8, 4) is 5.82 Å². The number of amides is 1. The summed E-state index contributed by atoms with van der Waals surface area (Å²) in [5.74, 6) is 0.766. The first-order valence-electron chi connectivity index (χ1n) is 9.21. The third kappa shape index (κ3) is 3.84. The quantitative estimate of drug-likeness (QED) is 0.486. The van der Waals surface area contributed by atoms with Crippen molar-refractivity contribution in [2.45, 2.75) is 26.2 Å². The molecule has 0 atom stereocenters. The fourth-order valence-corrected chi connectivity index (χ4v) is 3.21. The molecule has 0 radical (unpaired) electrons. The summed E-state index contributed by atoms with van der Waals surface area (Å²) in [5, 5.41) is 9.52. The van der Waals surface area contributed by atoms with E-state index in [-0.39, 0.29) is 17.0 Å². The maximum Gasteiger partial charge on any atom is 0.275 e. The molecule has 146 valence electrons. The van der Waals surface area contributed by atoms with Gasteiger partial charge < -0.3 is 5.32 Å². The van der Waals surface area contributed by atoms with E-state index in [9.17, 15) is 4.79 Å². The highest BCUT2D eigenvalue weighted by Crippen LogP contribution is 2.27. The van der Waals surface area contributed by atoms with Crippen molar-refractivity contribution in [1.29, 1.82) is 0 Å². The lowest BCUT2D eigenvalue weighted by Crippen LogP contribution is -2.17. The van der Waals surface area contributed by atoms with Gasteiger partial charge in [0.05, 0.1) is 5.69 Å². The van der Waals surface area contributed by atoms with Crippen LogP contribution >= 0.6 is 11.6 Å². The molecule has 29 heavy (non-hydrogen) atoms. The van der Waals surface area contributed by atoms with Crippen molar-refractivity contribution in [2.24, 2.45) is 0 Å². The molecule has 1 aromatic carbocycles. The predicted molar refractivity (Wildman–Crippen MR) is 115 cm³/mol. The number of fused-ring (bicyclic) bond motifs is 1. The van der Waals surface area contributed by atoms with Crippen LogP contribution in [0.3, 0.4) is 0 Å². The molecule has 0 aliphatic carbocycles. The predicted octanol–water partition coefficient (Wildman–Crippen LogP) is 5.02. The largest absolute Gasteiger partial charge is 0.305 e. The monoisotopic (exact) mass is 405 g/mol. The number of carbonyl (C=O) groups is 1. The first-order valence-corrected chi connectivity index (χ1v) is 9.59. The summed E-state index contributed by atoms with van der Waals surface area (Å²) in [6, 6.07) is 16.7. The molecule has 0 saturated heterocycles. The van der Waals surface area contributed by atoms with E-state index in [2.05, 4.69) is 41.2 Å². The van der Waals surface area contributed by atoms with E-state index in [1.807, 2.05) is 48.5 Å². The van der Waals surface area contributed by atoms with E-state index >= 15 is 0 Å². The summed E-state index contributed by atoms with van der Waals surface area (Å²) >= 11 is 6.28. The smallest absolute Gasteiger partial charge is 0.275 e. The zero-order valence-electron chi connectivity index (χ0n) is 16.3. The molecule has 7 heteroatoms. The number of hydrogen-bond acceptors (Lipinski definition) is 4. The summed E-state index contributed by atoms with van der Waals surface area (Å²) in [4.78, 5) is 21.6. The van der Waals surface area contributed by atoms with Gasteiger partial charge in [-0.05, 0) is 23.6 Å². The Bertz CT molecular complexity index is 1200. The first-order chi connectivity index (χ1) is 13.8. The molecule has 0 bridgehead atoms. The average molecular weight is 406 g/mol. The maximum atomic E-state index is 13.0. The van der Waals surface area contributed by atoms with Crippen molar-refractivity contribution in [3.05, 3.63) is 77.3 Å².